The smallest absolute Gasteiger partial charge is 0.350 e. The number of carbonyl (C=O) groups is 2. The van der Waals surface area contributed by atoms with Crippen molar-refractivity contribution in [2.24, 2.45) is 11.8 Å². The molecule has 1 aliphatic rings. The first-order chi connectivity index (χ1) is 13.3. The molecule has 0 atom stereocenters. The zero-order chi connectivity index (χ0) is 20.4. The normalized spacial score (nSPS) is 19.6. The summed E-state index contributed by atoms with van der Waals surface area (Å²) in [6.07, 6.45) is 3.98. The average Bonchev–Trinajstić information content (AvgIpc) is 3.28. The molecule has 0 unspecified atom stereocenters. The predicted octanol–water partition coefficient (Wildman–Crippen LogP) is 5.41. The summed E-state index contributed by atoms with van der Waals surface area (Å²) in [6, 6.07) is 5.68. The molecule has 0 spiro atoms. The fraction of sp³-hybridized carbons (Fsp3) is 0.524. The lowest BCUT2D eigenvalue weighted by molar-refractivity contribution is -0.123. The molecule has 1 amide bonds. The monoisotopic (exact) mass is 420 g/mol. The molecule has 2 N–H and O–H groups in total. The summed E-state index contributed by atoms with van der Waals surface area (Å²) in [7, 11) is 1.37. The minimum absolute atomic E-state index is 0.0184. The van der Waals surface area contributed by atoms with Gasteiger partial charge in [0.2, 0.25) is 5.91 Å². The molecule has 1 aliphatic carbocycles. The highest BCUT2D eigenvalue weighted by molar-refractivity contribution is 7.25. The van der Waals surface area contributed by atoms with Gasteiger partial charge in [-0.3, -0.25) is 4.79 Å². The van der Waals surface area contributed by atoms with Crippen molar-refractivity contribution in [1.82, 2.24) is 0 Å². The molecule has 0 bridgehead atoms. The summed E-state index contributed by atoms with van der Waals surface area (Å²) in [6.45, 7) is 6.23. The third kappa shape index (κ3) is 4.25. The van der Waals surface area contributed by atoms with Crippen molar-refractivity contribution in [2.45, 2.75) is 52.5 Å². The Morgan fingerprint density at radius 3 is 2.36 bits per heavy atom. The first kappa shape index (κ1) is 20.9. The number of nitrogen functional groups attached to an aromatic ring is 1. The fourth-order valence-electron chi connectivity index (χ4n) is 3.76. The molecule has 28 heavy (non-hydrogen) atoms. The van der Waals surface area contributed by atoms with Gasteiger partial charge in [-0.2, -0.15) is 0 Å². The van der Waals surface area contributed by atoms with Crippen molar-refractivity contribution in [1.29, 1.82) is 0 Å². The maximum Gasteiger partial charge on any atom is 0.350 e. The van der Waals surface area contributed by atoms with Gasteiger partial charge in [-0.15, -0.1) is 22.7 Å². The number of nitrogens with zero attached hydrogens (tertiary/aromatic N) is 1. The highest BCUT2D eigenvalue weighted by Crippen LogP contribution is 2.42. The van der Waals surface area contributed by atoms with Gasteiger partial charge < -0.3 is 15.4 Å². The standard InChI is InChI=1S/C21H28N2O3S2/c1-12(2)23(20(24)14-7-5-13(3)6-8-14)15-11-17(16-9-10-18(22)27-16)28-19(15)21(25)26-4/h9-14H,5-8,22H2,1-4H3. The van der Waals surface area contributed by atoms with E-state index in [1.54, 1.807) is 4.90 Å². The molecule has 7 heteroatoms. The van der Waals surface area contributed by atoms with Crippen molar-refractivity contribution in [2.75, 3.05) is 17.7 Å². The van der Waals surface area contributed by atoms with Crippen LogP contribution in [-0.4, -0.2) is 25.0 Å². The number of esters is 1. The molecule has 0 aromatic carbocycles. The summed E-state index contributed by atoms with van der Waals surface area (Å²) in [5.74, 6) is 0.401. The Morgan fingerprint density at radius 2 is 1.82 bits per heavy atom. The quantitative estimate of drug-likeness (QED) is 0.656. The number of thiophene rings is 2. The number of hydrogen-bond donors (Lipinski definition) is 1. The molecule has 1 fully saturated rings. The number of carbonyl (C=O) groups excluding carboxylic acids is 2. The maximum absolute atomic E-state index is 13.4. The van der Waals surface area contributed by atoms with E-state index >= 15 is 0 Å². The number of ether oxygens (including phenoxy) is 1. The van der Waals surface area contributed by atoms with Crippen molar-refractivity contribution in [3.05, 3.63) is 23.1 Å². The summed E-state index contributed by atoms with van der Waals surface area (Å²) in [5, 5.41) is 0.720. The number of anilines is 2. The average molecular weight is 421 g/mol. The summed E-state index contributed by atoms with van der Waals surface area (Å²) < 4.78 is 5.01. The minimum Gasteiger partial charge on any atom is -0.465 e. The van der Waals surface area contributed by atoms with Gasteiger partial charge in [-0.1, -0.05) is 6.92 Å². The van der Waals surface area contributed by atoms with Gasteiger partial charge in [0, 0.05) is 21.7 Å². The van der Waals surface area contributed by atoms with E-state index in [1.807, 2.05) is 32.0 Å². The Balaban J connectivity index is 2.00. The number of nitrogens with two attached hydrogens (primary N) is 1. The zero-order valence-electron chi connectivity index (χ0n) is 16.9. The molecule has 2 heterocycles. The van der Waals surface area contributed by atoms with Gasteiger partial charge in [-0.25, -0.2) is 4.79 Å². The van der Waals surface area contributed by atoms with E-state index in [2.05, 4.69) is 6.92 Å². The lowest BCUT2D eigenvalue weighted by atomic mass is 9.82. The van der Waals surface area contributed by atoms with Crippen LogP contribution in [0, 0.1) is 11.8 Å². The molecule has 0 aliphatic heterocycles. The van der Waals surface area contributed by atoms with E-state index in [1.165, 1.54) is 29.8 Å². The predicted molar refractivity (Wildman–Crippen MR) is 117 cm³/mol. The molecule has 5 nitrogen and oxygen atoms in total. The Kier molecular flexibility index (Phi) is 6.45. The molecule has 0 radical (unpaired) electrons. The summed E-state index contributed by atoms with van der Waals surface area (Å²) >= 11 is 2.83. The van der Waals surface area contributed by atoms with Crippen LogP contribution in [0.5, 0.6) is 0 Å². The molecule has 1 saturated carbocycles. The van der Waals surface area contributed by atoms with Crippen LogP contribution in [0.2, 0.25) is 0 Å². The van der Waals surface area contributed by atoms with Crippen molar-refractivity contribution < 1.29 is 14.3 Å². The second kappa shape index (κ2) is 8.66. The van der Waals surface area contributed by atoms with Crippen LogP contribution in [0.25, 0.3) is 9.75 Å². The topological polar surface area (TPSA) is 72.6 Å². The van der Waals surface area contributed by atoms with Crippen LogP contribution in [0.1, 0.15) is 56.1 Å². The van der Waals surface area contributed by atoms with E-state index in [0.717, 1.165) is 40.4 Å². The first-order valence-corrected chi connectivity index (χ1v) is 11.4. The van der Waals surface area contributed by atoms with Crippen molar-refractivity contribution in [3.8, 4) is 9.75 Å². The van der Waals surface area contributed by atoms with Crippen LogP contribution < -0.4 is 10.6 Å². The van der Waals surface area contributed by atoms with Crippen LogP contribution >= 0.6 is 22.7 Å². The summed E-state index contributed by atoms with van der Waals surface area (Å²) in [4.78, 5) is 30.1. The van der Waals surface area contributed by atoms with Crippen LogP contribution in [0.15, 0.2) is 18.2 Å². The van der Waals surface area contributed by atoms with Crippen LogP contribution in [0.4, 0.5) is 10.7 Å². The van der Waals surface area contributed by atoms with Gasteiger partial charge in [-0.05, 0) is 63.6 Å². The number of hydrogen-bond acceptors (Lipinski definition) is 6. The number of amides is 1. The van der Waals surface area contributed by atoms with Crippen LogP contribution in [0.3, 0.4) is 0 Å². The molecular formula is C21H28N2O3S2. The van der Waals surface area contributed by atoms with Gasteiger partial charge in [0.05, 0.1) is 17.8 Å². The van der Waals surface area contributed by atoms with Gasteiger partial charge in [0.1, 0.15) is 4.88 Å². The van der Waals surface area contributed by atoms with Crippen molar-refractivity contribution >= 4 is 45.2 Å². The van der Waals surface area contributed by atoms with Gasteiger partial charge >= 0.3 is 5.97 Å². The number of methoxy groups -OCH3 is 1. The maximum atomic E-state index is 13.4. The highest BCUT2D eigenvalue weighted by atomic mass is 32.1. The molecule has 2 aromatic heterocycles. The Morgan fingerprint density at radius 1 is 1.14 bits per heavy atom. The zero-order valence-corrected chi connectivity index (χ0v) is 18.5. The molecule has 3 rings (SSSR count). The largest absolute Gasteiger partial charge is 0.465 e. The Hall–Kier alpha value is -1.86. The third-order valence-corrected chi connectivity index (χ3v) is 7.55. The lowest BCUT2D eigenvalue weighted by Gasteiger charge is -2.33. The minimum atomic E-state index is -0.411. The van der Waals surface area contributed by atoms with E-state index in [4.69, 9.17) is 10.5 Å². The molecule has 2 aromatic rings. The molecule has 152 valence electrons. The van der Waals surface area contributed by atoms with Crippen LogP contribution in [-0.2, 0) is 9.53 Å². The van der Waals surface area contributed by atoms with E-state index in [9.17, 15) is 9.59 Å². The van der Waals surface area contributed by atoms with Gasteiger partial charge in [0.25, 0.3) is 0 Å². The highest BCUT2D eigenvalue weighted by Gasteiger charge is 2.33. The van der Waals surface area contributed by atoms with Gasteiger partial charge in [0.15, 0.2) is 0 Å². The number of rotatable bonds is 5. The van der Waals surface area contributed by atoms with E-state index < -0.39 is 5.97 Å². The van der Waals surface area contributed by atoms with E-state index in [0.29, 0.717) is 16.5 Å². The second-order valence-electron chi connectivity index (χ2n) is 7.78. The molecule has 0 saturated heterocycles. The summed E-state index contributed by atoms with van der Waals surface area (Å²) in [5.41, 5.74) is 6.53. The SMILES string of the molecule is COC(=O)c1sc(-c2ccc(N)s2)cc1N(C(=O)C1CCC(C)CC1)C(C)C. The Bertz CT molecular complexity index is 848. The lowest BCUT2D eigenvalue weighted by Crippen LogP contribution is -2.42. The fourth-order valence-corrected chi connectivity index (χ4v) is 5.68. The van der Waals surface area contributed by atoms with E-state index in [-0.39, 0.29) is 17.9 Å². The van der Waals surface area contributed by atoms with Crippen molar-refractivity contribution in [3.63, 3.8) is 0 Å². The Labute approximate surface area is 174 Å². The third-order valence-electron chi connectivity index (χ3n) is 5.33. The first-order valence-electron chi connectivity index (χ1n) is 9.72. The molecular weight excluding hydrogens is 392 g/mol. The second-order valence-corrected chi connectivity index (χ2v) is 9.94.